The van der Waals surface area contributed by atoms with Crippen molar-refractivity contribution in [2.24, 2.45) is 0 Å². The molecule has 4 heteroatoms. The summed E-state index contributed by atoms with van der Waals surface area (Å²) >= 11 is 3.52. The largest absolute Gasteiger partial charge is 0.493 e. The highest BCUT2D eigenvalue weighted by Crippen LogP contribution is 2.46. The summed E-state index contributed by atoms with van der Waals surface area (Å²) in [6, 6.07) is 11.9. The summed E-state index contributed by atoms with van der Waals surface area (Å²) in [4.78, 5) is 0. The van der Waals surface area contributed by atoms with Crippen molar-refractivity contribution >= 4 is 15.9 Å². The van der Waals surface area contributed by atoms with E-state index in [4.69, 9.17) is 9.47 Å². The van der Waals surface area contributed by atoms with E-state index in [0.717, 1.165) is 16.5 Å². The molecule has 0 fully saturated rings. The highest BCUT2D eigenvalue weighted by molar-refractivity contribution is 9.10. The summed E-state index contributed by atoms with van der Waals surface area (Å²) in [5.74, 6) is 1.41. The van der Waals surface area contributed by atoms with Gasteiger partial charge in [0, 0.05) is 10.4 Å². The molecule has 1 N–H and O–H groups in total. The molecule has 0 amide bonds. The summed E-state index contributed by atoms with van der Waals surface area (Å²) < 4.78 is 11.4. The van der Waals surface area contributed by atoms with E-state index in [2.05, 4.69) is 28.1 Å². The van der Waals surface area contributed by atoms with Gasteiger partial charge in [-0.15, -0.1) is 0 Å². The van der Waals surface area contributed by atoms with Crippen LogP contribution in [0.15, 0.2) is 40.9 Å². The first-order valence-corrected chi connectivity index (χ1v) is 7.62. The van der Waals surface area contributed by atoms with Crippen molar-refractivity contribution in [1.29, 1.82) is 0 Å². The zero-order valence-corrected chi connectivity index (χ0v) is 13.6. The molecule has 0 aliphatic heterocycles. The molecule has 2 aromatic rings. The molecule has 2 atom stereocenters. The molecule has 2 aromatic carbocycles. The zero-order valence-electron chi connectivity index (χ0n) is 12.0. The van der Waals surface area contributed by atoms with Gasteiger partial charge in [-0.05, 0) is 35.2 Å². The van der Waals surface area contributed by atoms with E-state index in [1.165, 1.54) is 11.1 Å². The minimum Gasteiger partial charge on any atom is -0.493 e. The van der Waals surface area contributed by atoms with Crippen molar-refractivity contribution in [3.8, 4) is 11.5 Å². The van der Waals surface area contributed by atoms with Crippen molar-refractivity contribution < 1.29 is 14.6 Å². The van der Waals surface area contributed by atoms with Crippen LogP contribution in [0.2, 0.25) is 0 Å². The van der Waals surface area contributed by atoms with Gasteiger partial charge in [0.05, 0.1) is 20.3 Å². The van der Waals surface area contributed by atoms with Crippen LogP contribution in [0.4, 0.5) is 0 Å². The number of aliphatic hydroxyl groups is 1. The number of rotatable bonds is 4. The van der Waals surface area contributed by atoms with Crippen LogP contribution in [0.5, 0.6) is 11.5 Å². The van der Waals surface area contributed by atoms with Crippen LogP contribution in [-0.2, 0) is 6.42 Å². The molecular formula is C17H17BrO3. The standard InChI is InChI=1S/C17H17BrO3/c1-20-15-8-13(14(18)9-16(15)21-2)17(19)12-7-10-5-3-4-6-11(10)12/h3-6,8-9,12,17,19H,7H2,1-2H3. The van der Waals surface area contributed by atoms with E-state index in [-0.39, 0.29) is 5.92 Å². The normalized spacial score (nSPS) is 17.6. The average molecular weight is 349 g/mol. The fourth-order valence-corrected chi connectivity index (χ4v) is 3.45. The highest BCUT2D eigenvalue weighted by Gasteiger charge is 2.33. The molecular weight excluding hydrogens is 332 g/mol. The summed E-state index contributed by atoms with van der Waals surface area (Å²) in [7, 11) is 3.20. The molecule has 0 radical (unpaired) electrons. The van der Waals surface area contributed by atoms with E-state index in [9.17, 15) is 5.11 Å². The van der Waals surface area contributed by atoms with Crippen molar-refractivity contribution in [2.45, 2.75) is 18.4 Å². The molecule has 0 aromatic heterocycles. The molecule has 3 rings (SSSR count). The SMILES string of the molecule is COc1cc(Br)c(C(O)C2Cc3ccccc32)cc1OC. The lowest BCUT2D eigenvalue weighted by Crippen LogP contribution is -2.23. The Morgan fingerprint density at radius 3 is 2.48 bits per heavy atom. The Hall–Kier alpha value is -1.52. The summed E-state index contributed by atoms with van der Waals surface area (Å²) in [5.41, 5.74) is 3.37. The molecule has 0 bridgehead atoms. The number of fused-ring (bicyclic) bond motifs is 1. The number of methoxy groups -OCH3 is 2. The van der Waals surface area contributed by atoms with Crippen LogP contribution < -0.4 is 9.47 Å². The van der Waals surface area contributed by atoms with Gasteiger partial charge < -0.3 is 14.6 Å². The minimum absolute atomic E-state index is 0.135. The average Bonchev–Trinajstić information content (AvgIpc) is 2.48. The molecule has 2 unspecified atom stereocenters. The van der Waals surface area contributed by atoms with Crippen LogP contribution in [0.25, 0.3) is 0 Å². The van der Waals surface area contributed by atoms with Crippen LogP contribution in [0, 0.1) is 0 Å². The topological polar surface area (TPSA) is 38.7 Å². The minimum atomic E-state index is -0.561. The van der Waals surface area contributed by atoms with Gasteiger partial charge in [0.1, 0.15) is 0 Å². The molecule has 1 aliphatic carbocycles. The van der Waals surface area contributed by atoms with E-state index >= 15 is 0 Å². The molecule has 0 spiro atoms. The van der Waals surface area contributed by atoms with E-state index in [1.807, 2.05) is 24.3 Å². The van der Waals surface area contributed by atoms with Gasteiger partial charge in [0.25, 0.3) is 0 Å². The Kier molecular flexibility index (Phi) is 3.91. The number of halogens is 1. The Morgan fingerprint density at radius 2 is 1.81 bits per heavy atom. The van der Waals surface area contributed by atoms with Crippen LogP contribution in [-0.4, -0.2) is 19.3 Å². The molecule has 0 saturated carbocycles. The molecule has 0 saturated heterocycles. The van der Waals surface area contributed by atoms with Crippen molar-refractivity contribution in [3.63, 3.8) is 0 Å². The number of hydrogen-bond acceptors (Lipinski definition) is 3. The maximum atomic E-state index is 10.7. The molecule has 0 heterocycles. The van der Waals surface area contributed by atoms with Crippen molar-refractivity contribution in [2.75, 3.05) is 14.2 Å². The first kappa shape index (κ1) is 14.4. The smallest absolute Gasteiger partial charge is 0.161 e. The Bertz CT molecular complexity index is 669. The number of ether oxygens (including phenoxy) is 2. The third kappa shape index (κ3) is 2.43. The quantitative estimate of drug-likeness (QED) is 0.912. The molecule has 21 heavy (non-hydrogen) atoms. The second-order valence-electron chi connectivity index (χ2n) is 5.18. The van der Waals surface area contributed by atoms with Crippen LogP contribution in [0.1, 0.15) is 28.7 Å². The lowest BCUT2D eigenvalue weighted by atomic mass is 9.73. The molecule has 110 valence electrons. The number of benzene rings is 2. The summed E-state index contributed by atoms with van der Waals surface area (Å²) in [6.07, 6.45) is 0.340. The van der Waals surface area contributed by atoms with Gasteiger partial charge in [0.15, 0.2) is 11.5 Å². The first-order valence-electron chi connectivity index (χ1n) is 6.83. The van der Waals surface area contributed by atoms with Gasteiger partial charge in [-0.25, -0.2) is 0 Å². The molecule has 1 aliphatic rings. The van der Waals surface area contributed by atoms with Gasteiger partial charge >= 0.3 is 0 Å². The van der Waals surface area contributed by atoms with Gasteiger partial charge in [-0.1, -0.05) is 40.2 Å². The lowest BCUT2D eigenvalue weighted by molar-refractivity contribution is 0.133. The van der Waals surface area contributed by atoms with Gasteiger partial charge in [0.2, 0.25) is 0 Å². The van der Waals surface area contributed by atoms with Crippen molar-refractivity contribution in [3.05, 3.63) is 57.6 Å². The Labute approximate surface area is 132 Å². The highest BCUT2D eigenvalue weighted by atomic mass is 79.9. The van der Waals surface area contributed by atoms with E-state index in [1.54, 1.807) is 14.2 Å². The Balaban J connectivity index is 1.94. The second kappa shape index (κ2) is 5.70. The predicted molar refractivity (Wildman–Crippen MR) is 85.1 cm³/mol. The monoisotopic (exact) mass is 348 g/mol. The predicted octanol–water partition coefficient (Wildman–Crippen LogP) is 3.84. The lowest BCUT2D eigenvalue weighted by Gasteiger charge is -2.34. The first-order chi connectivity index (χ1) is 10.2. The van der Waals surface area contributed by atoms with Gasteiger partial charge in [-0.3, -0.25) is 0 Å². The fraction of sp³-hybridized carbons (Fsp3) is 0.294. The Morgan fingerprint density at radius 1 is 1.14 bits per heavy atom. The van der Waals surface area contributed by atoms with Gasteiger partial charge in [-0.2, -0.15) is 0 Å². The third-order valence-corrected chi connectivity index (χ3v) is 4.78. The maximum absolute atomic E-state index is 10.7. The van der Waals surface area contributed by atoms with Crippen LogP contribution >= 0.6 is 15.9 Å². The molecule has 3 nitrogen and oxygen atoms in total. The second-order valence-corrected chi connectivity index (χ2v) is 6.04. The number of aliphatic hydroxyl groups excluding tert-OH is 1. The van der Waals surface area contributed by atoms with Crippen molar-refractivity contribution in [1.82, 2.24) is 0 Å². The third-order valence-electron chi connectivity index (χ3n) is 4.10. The van der Waals surface area contributed by atoms with Crippen LogP contribution in [0.3, 0.4) is 0 Å². The summed E-state index contributed by atoms with van der Waals surface area (Å²) in [5, 5.41) is 10.7. The summed E-state index contributed by atoms with van der Waals surface area (Å²) in [6.45, 7) is 0. The zero-order chi connectivity index (χ0) is 15.0. The van der Waals surface area contributed by atoms with E-state index in [0.29, 0.717) is 11.5 Å². The number of hydrogen-bond donors (Lipinski definition) is 1. The van der Waals surface area contributed by atoms with E-state index < -0.39 is 6.10 Å². The fourth-order valence-electron chi connectivity index (χ4n) is 2.89. The maximum Gasteiger partial charge on any atom is 0.161 e.